The third kappa shape index (κ3) is 1.84. The summed E-state index contributed by atoms with van der Waals surface area (Å²) in [5, 5.41) is 2.67. The number of aromatic nitrogens is 2. The fraction of sp³-hybridized carbons (Fsp3) is 0.667. The maximum absolute atomic E-state index is 11.7. The van der Waals surface area contributed by atoms with Crippen molar-refractivity contribution in [3.8, 4) is 0 Å². The Kier molecular flexibility index (Phi) is 3.27. The third-order valence-electron chi connectivity index (χ3n) is 3.11. The van der Waals surface area contributed by atoms with Gasteiger partial charge in [-0.25, -0.2) is 4.98 Å². The van der Waals surface area contributed by atoms with E-state index in [1.807, 2.05) is 0 Å². The van der Waals surface area contributed by atoms with E-state index in [4.69, 9.17) is 0 Å². The van der Waals surface area contributed by atoms with Crippen LogP contribution in [0, 0.1) is 0 Å². The average Bonchev–Trinajstić information content (AvgIpc) is 2.68. The molecule has 16 heavy (non-hydrogen) atoms. The largest absolute Gasteiger partial charge is 0.354 e. The predicted octanol–water partition coefficient (Wildman–Crippen LogP) is 1.53. The molecule has 0 aliphatic carbocycles. The number of carbonyl (C=O) groups excluding carboxylic acids is 1. The lowest BCUT2D eigenvalue weighted by Gasteiger charge is -2.16. The Bertz CT molecular complexity index is 395. The first-order chi connectivity index (χ1) is 7.77. The van der Waals surface area contributed by atoms with Gasteiger partial charge in [-0.05, 0) is 25.7 Å². The molecule has 2 rings (SSSR count). The van der Waals surface area contributed by atoms with Crippen LogP contribution in [0.5, 0.6) is 0 Å². The van der Waals surface area contributed by atoms with Gasteiger partial charge in [-0.2, -0.15) is 0 Å². The third-order valence-corrected chi connectivity index (χ3v) is 3.11. The highest BCUT2D eigenvalue weighted by molar-refractivity contribution is 5.93. The molecule has 1 aliphatic rings. The molecule has 2 heterocycles. The van der Waals surface area contributed by atoms with Gasteiger partial charge in [0, 0.05) is 20.0 Å². The van der Waals surface area contributed by atoms with E-state index < -0.39 is 0 Å². The van der Waals surface area contributed by atoms with E-state index in [2.05, 4.69) is 21.8 Å². The topological polar surface area (TPSA) is 46.9 Å². The van der Waals surface area contributed by atoms with Gasteiger partial charge in [0.1, 0.15) is 11.5 Å². The highest BCUT2D eigenvalue weighted by atomic mass is 16.1. The molecule has 0 atom stereocenters. The lowest BCUT2D eigenvalue weighted by molar-refractivity contribution is 0.0957. The minimum absolute atomic E-state index is 0.0481. The van der Waals surface area contributed by atoms with Crippen LogP contribution in [-0.2, 0) is 19.4 Å². The Morgan fingerprint density at radius 3 is 3.00 bits per heavy atom. The normalized spacial score (nSPS) is 14.6. The number of nitrogens with one attached hydrogen (secondary N) is 1. The van der Waals surface area contributed by atoms with Crippen molar-refractivity contribution < 1.29 is 4.79 Å². The van der Waals surface area contributed by atoms with Crippen LogP contribution in [0.1, 0.15) is 48.2 Å². The molecule has 88 valence electrons. The van der Waals surface area contributed by atoms with Gasteiger partial charge >= 0.3 is 0 Å². The van der Waals surface area contributed by atoms with Crippen LogP contribution >= 0.6 is 0 Å². The van der Waals surface area contributed by atoms with Crippen molar-refractivity contribution >= 4 is 5.91 Å². The van der Waals surface area contributed by atoms with Crippen LogP contribution in [0.25, 0.3) is 0 Å². The molecular formula is C12H19N3O. The molecule has 0 spiro atoms. The van der Waals surface area contributed by atoms with Gasteiger partial charge in [-0.15, -0.1) is 0 Å². The summed E-state index contributed by atoms with van der Waals surface area (Å²) in [5.74, 6) is 1.03. The standard InChI is InChI=1S/C12H19N3O/c1-3-6-10-14-11(12(16)13-2)9-7-4-5-8-15(9)10/h3-8H2,1-2H3,(H,13,16). The molecule has 0 saturated carbocycles. The molecule has 0 unspecified atom stereocenters. The molecule has 0 saturated heterocycles. The molecule has 4 heteroatoms. The summed E-state index contributed by atoms with van der Waals surface area (Å²) in [5.41, 5.74) is 1.78. The maximum Gasteiger partial charge on any atom is 0.271 e. The maximum atomic E-state index is 11.7. The number of amides is 1. The van der Waals surface area contributed by atoms with Crippen molar-refractivity contribution in [3.05, 3.63) is 17.2 Å². The van der Waals surface area contributed by atoms with E-state index in [9.17, 15) is 4.79 Å². The second-order valence-corrected chi connectivity index (χ2v) is 4.26. The fourth-order valence-corrected chi connectivity index (χ4v) is 2.33. The quantitative estimate of drug-likeness (QED) is 0.841. The van der Waals surface area contributed by atoms with Gasteiger partial charge in [0.15, 0.2) is 0 Å². The summed E-state index contributed by atoms with van der Waals surface area (Å²) >= 11 is 0. The van der Waals surface area contributed by atoms with Crippen molar-refractivity contribution in [2.24, 2.45) is 0 Å². The van der Waals surface area contributed by atoms with Crippen LogP contribution in [0.15, 0.2) is 0 Å². The Morgan fingerprint density at radius 1 is 1.50 bits per heavy atom. The minimum Gasteiger partial charge on any atom is -0.354 e. The number of hydrogen-bond donors (Lipinski definition) is 1. The first-order valence-corrected chi connectivity index (χ1v) is 6.08. The van der Waals surface area contributed by atoms with E-state index in [0.717, 1.165) is 37.3 Å². The lowest BCUT2D eigenvalue weighted by Crippen LogP contribution is -2.21. The Hall–Kier alpha value is -1.32. The summed E-state index contributed by atoms with van der Waals surface area (Å²) < 4.78 is 2.25. The van der Waals surface area contributed by atoms with Crippen molar-refractivity contribution in [1.29, 1.82) is 0 Å². The van der Waals surface area contributed by atoms with Gasteiger partial charge in [0.05, 0.1) is 5.69 Å². The zero-order chi connectivity index (χ0) is 11.5. The minimum atomic E-state index is -0.0481. The Labute approximate surface area is 96.1 Å². The molecule has 1 aromatic heterocycles. The fourth-order valence-electron chi connectivity index (χ4n) is 2.33. The number of imidazole rings is 1. The molecule has 1 amide bonds. The monoisotopic (exact) mass is 221 g/mol. The smallest absolute Gasteiger partial charge is 0.271 e. The molecule has 0 bridgehead atoms. The molecule has 0 aromatic carbocycles. The van der Waals surface area contributed by atoms with Crippen molar-refractivity contribution in [1.82, 2.24) is 14.9 Å². The van der Waals surface area contributed by atoms with Crippen LogP contribution < -0.4 is 5.32 Å². The summed E-state index contributed by atoms with van der Waals surface area (Å²) in [6.07, 6.45) is 5.39. The highest BCUT2D eigenvalue weighted by Crippen LogP contribution is 2.21. The summed E-state index contributed by atoms with van der Waals surface area (Å²) in [7, 11) is 1.66. The Morgan fingerprint density at radius 2 is 2.31 bits per heavy atom. The second-order valence-electron chi connectivity index (χ2n) is 4.26. The predicted molar refractivity (Wildman–Crippen MR) is 62.6 cm³/mol. The van der Waals surface area contributed by atoms with E-state index in [-0.39, 0.29) is 5.91 Å². The summed E-state index contributed by atoms with van der Waals surface area (Å²) in [6.45, 7) is 3.17. The van der Waals surface area contributed by atoms with E-state index in [1.54, 1.807) is 7.05 Å². The molecule has 1 N–H and O–H groups in total. The lowest BCUT2D eigenvalue weighted by atomic mass is 10.1. The average molecular weight is 221 g/mol. The van der Waals surface area contributed by atoms with Gasteiger partial charge in [0.25, 0.3) is 5.91 Å². The molecule has 1 aliphatic heterocycles. The number of nitrogens with zero attached hydrogens (tertiary/aromatic N) is 2. The van der Waals surface area contributed by atoms with Crippen molar-refractivity contribution in [2.45, 2.75) is 45.6 Å². The van der Waals surface area contributed by atoms with Crippen molar-refractivity contribution in [2.75, 3.05) is 7.05 Å². The SMILES string of the molecule is CCCc1nc(C(=O)NC)c2n1CCCC2. The molecule has 4 nitrogen and oxygen atoms in total. The van der Waals surface area contributed by atoms with Gasteiger partial charge < -0.3 is 9.88 Å². The zero-order valence-electron chi connectivity index (χ0n) is 10.0. The van der Waals surface area contributed by atoms with Gasteiger partial charge in [-0.1, -0.05) is 6.92 Å². The van der Waals surface area contributed by atoms with E-state index >= 15 is 0 Å². The number of aryl methyl sites for hydroxylation is 1. The molecule has 0 fully saturated rings. The van der Waals surface area contributed by atoms with Crippen LogP contribution in [0.2, 0.25) is 0 Å². The Balaban J connectivity index is 2.41. The summed E-state index contributed by atoms with van der Waals surface area (Å²) in [6, 6.07) is 0. The number of fused-ring (bicyclic) bond motifs is 1. The van der Waals surface area contributed by atoms with Crippen LogP contribution in [0.3, 0.4) is 0 Å². The highest BCUT2D eigenvalue weighted by Gasteiger charge is 2.22. The van der Waals surface area contributed by atoms with Crippen molar-refractivity contribution in [3.63, 3.8) is 0 Å². The molecule has 0 radical (unpaired) electrons. The number of hydrogen-bond acceptors (Lipinski definition) is 2. The molecular weight excluding hydrogens is 202 g/mol. The first-order valence-electron chi connectivity index (χ1n) is 6.08. The second kappa shape index (κ2) is 4.68. The van der Waals surface area contributed by atoms with Crippen LogP contribution in [-0.4, -0.2) is 22.5 Å². The number of rotatable bonds is 3. The molecule has 1 aromatic rings. The zero-order valence-corrected chi connectivity index (χ0v) is 10.0. The van der Waals surface area contributed by atoms with E-state index in [1.165, 1.54) is 12.8 Å². The van der Waals surface area contributed by atoms with Crippen LogP contribution in [0.4, 0.5) is 0 Å². The van der Waals surface area contributed by atoms with E-state index in [0.29, 0.717) is 5.69 Å². The number of carbonyl (C=O) groups is 1. The summed E-state index contributed by atoms with van der Waals surface area (Å²) in [4.78, 5) is 16.2. The van der Waals surface area contributed by atoms with Gasteiger partial charge in [-0.3, -0.25) is 4.79 Å². The first kappa shape index (κ1) is 11.2. The van der Waals surface area contributed by atoms with Gasteiger partial charge in [0.2, 0.25) is 0 Å².